The van der Waals surface area contributed by atoms with Gasteiger partial charge in [0.15, 0.2) is 0 Å². The van der Waals surface area contributed by atoms with Crippen LogP contribution in [0.25, 0.3) is 0 Å². The lowest BCUT2D eigenvalue weighted by atomic mass is 9.82. The molecule has 0 amide bonds. The third-order valence-electron chi connectivity index (χ3n) is 4.47. The molecule has 0 bridgehead atoms. The summed E-state index contributed by atoms with van der Waals surface area (Å²) in [6, 6.07) is 0.513. The van der Waals surface area contributed by atoms with Gasteiger partial charge in [0.2, 0.25) is 0 Å². The number of hydrogen-bond donors (Lipinski definition) is 0. The van der Waals surface area contributed by atoms with Crippen LogP contribution in [0.5, 0.6) is 0 Å². The highest BCUT2D eigenvalue weighted by molar-refractivity contribution is 5.26. The molecule has 2 aliphatic rings. The highest BCUT2D eigenvalue weighted by Gasteiger charge is 2.27. The molecule has 18 heavy (non-hydrogen) atoms. The molecule has 0 aromatic heterocycles. The molecule has 0 spiro atoms. The van der Waals surface area contributed by atoms with E-state index in [9.17, 15) is 0 Å². The van der Waals surface area contributed by atoms with Gasteiger partial charge in [-0.3, -0.25) is 4.90 Å². The number of allylic oxidation sites excluding steroid dienone is 2. The summed E-state index contributed by atoms with van der Waals surface area (Å²) in [5.41, 5.74) is 4.28. The fourth-order valence-electron chi connectivity index (χ4n) is 3.41. The Balaban J connectivity index is 2.08. The van der Waals surface area contributed by atoms with Gasteiger partial charge in [-0.25, -0.2) is 0 Å². The smallest absolute Gasteiger partial charge is 0.0515 e. The summed E-state index contributed by atoms with van der Waals surface area (Å²) in [4.78, 5) is 2.62. The second-order valence-electron chi connectivity index (χ2n) is 6.09. The standard InChI is InChI=1S/C17H27N/c1-13(2)15-7-9-16(10-8-15)17(14(3)4)18-11-5-6-12-18/h9,15,17H,1,3,5-8,10-12H2,2,4H3/t15-,17?/m1/s1. The van der Waals surface area contributed by atoms with Gasteiger partial charge in [0.1, 0.15) is 0 Å². The van der Waals surface area contributed by atoms with E-state index in [1.807, 2.05) is 0 Å². The van der Waals surface area contributed by atoms with E-state index in [2.05, 4.69) is 38.0 Å². The fourth-order valence-corrected chi connectivity index (χ4v) is 3.41. The maximum Gasteiger partial charge on any atom is 0.0515 e. The Hall–Kier alpha value is -0.820. The molecule has 1 fully saturated rings. The third kappa shape index (κ3) is 2.95. The van der Waals surface area contributed by atoms with Crippen LogP contribution in [0.1, 0.15) is 46.0 Å². The predicted molar refractivity (Wildman–Crippen MR) is 79.6 cm³/mol. The summed E-state index contributed by atoms with van der Waals surface area (Å²) in [5.74, 6) is 0.707. The van der Waals surface area contributed by atoms with Crippen molar-refractivity contribution in [1.29, 1.82) is 0 Å². The molecular formula is C17H27N. The van der Waals surface area contributed by atoms with E-state index < -0.39 is 0 Å². The van der Waals surface area contributed by atoms with Crippen LogP contribution in [0.15, 0.2) is 36.0 Å². The Labute approximate surface area is 112 Å². The topological polar surface area (TPSA) is 3.24 Å². The first-order chi connectivity index (χ1) is 8.59. The minimum atomic E-state index is 0.513. The molecule has 0 radical (unpaired) electrons. The van der Waals surface area contributed by atoms with Crippen LogP contribution >= 0.6 is 0 Å². The lowest BCUT2D eigenvalue weighted by Gasteiger charge is -2.33. The van der Waals surface area contributed by atoms with Crippen LogP contribution in [0.4, 0.5) is 0 Å². The van der Waals surface area contributed by atoms with Crippen LogP contribution in [0.3, 0.4) is 0 Å². The molecule has 1 nitrogen and oxygen atoms in total. The van der Waals surface area contributed by atoms with Crippen LogP contribution in [0, 0.1) is 5.92 Å². The molecule has 1 aliphatic heterocycles. The third-order valence-corrected chi connectivity index (χ3v) is 4.47. The van der Waals surface area contributed by atoms with Gasteiger partial charge in [-0.1, -0.05) is 36.0 Å². The number of hydrogen-bond acceptors (Lipinski definition) is 1. The van der Waals surface area contributed by atoms with Crippen molar-refractivity contribution in [2.45, 2.75) is 52.0 Å². The summed E-state index contributed by atoms with van der Waals surface area (Å²) in [7, 11) is 0. The van der Waals surface area contributed by atoms with Crippen LogP contribution < -0.4 is 0 Å². The lowest BCUT2D eigenvalue weighted by Crippen LogP contribution is -2.36. The molecule has 1 aliphatic carbocycles. The van der Waals surface area contributed by atoms with E-state index in [1.54, 1.807) is 5.57 Å². The van der Waals surface area contributed by atoms with Crippen molar-refractivity contribution in [3.05, 3.63) is 36.0 Å². The summed E-state index contributed by atoms with van der Waals surface area (Å²) in [6.07, 6.45) is 8.87. The van der Waals surface area contributed by atoms with Crippen molar-refractivity contribution in [1.82, 2.24) is 4.90 Å². The minimum absolute atomic E-state index is 0.513. The Morgan fingerprint density at radius 1 is 1.28 bits per heavy atom. The highest BCUT2D eigenvalue weighted by Crippen LogP contribution is 2.33. The second-order valence-corrected chi connectivity index (χ2v) is 6.09. The molecule has 0 aromatic carbocycles. The average Bonchev–Trinajstić information content (AvgIpc) is 2.83. The normalized spacial score (nSPS) is 26.8. The van der Waals surface area contributed by atoms with Gasteiger partial charge in [-0.15, -0.1) is 0 Å². The zero-order valence-corrected chi connectivity index (χ0v) is 12.0. The zero-order chi connectivity index (χ0) is 13.1. The molecule has 100 valence electrons. The SMILES string of the molecule is C=C(C)C(C1=CC[C@@H](C(=C)C)CC1)N1CCCC1. The van der Waals surface area contributed by atoms with E-state index >= 15 is 0 Å². The molecule has 1 saturated heterocycles. The molecule has 1 unspecified atom stereocenters. The molecule has 0 saturated carbocycles. The lowest BCUT2D eigenvalue weighted by molar-refractivity contribution is 0.292. The first-order valence-corrected chi connectivity index (χ1v) is 7.33. The van der Waals surface area contributed by atoms with Crippen molar-refractivity contribution in [2.24, 2.45) is 5.92 Å². The van der Waals surface area contributed by atoms with Gasteiger partial charge in [0, 0.05) is 0 Å². The van der Waals surface area contributed by atoms with Crippen molar-refractivity contribution in [3.63, 3.8) is 0 Å². The first kappa shape index (κ1) is 13.6. The quantitative estimate of drug-likeness (QED) is 0.666. The van der Waals surface area contributed by atoms with Crippen LogP contribution in [-0.2, 0) is 0 Å². The van der Waals surface area contributed by atoms with E-state index in [0.717, 1.165) is 0 Å². The molecule has 1 heterocycles. The average molecular weight is 245 g/mol. The Bertz CT molecular complexity index is 358. The maximum atomic E-state index is 4.23. The number of likely N-dealkylation sites (tertiary alicyclic amines) is 1. The van der Waals surface area contributed by atoms with Crippen molar-refractivity contribution in [3.8, 4) is 0 Å². The Morgan fingerprint density at radius 2 is 1.94 bits per heavy atom. The van der Waals surface area contributed by atoms with Crippen molar-refractivity contribution >= 4 is 0 Å². The van der Waals surface area contributed by atoms with Gasteiger partial charge in [-0.2, -0.15) is 0 Å². The summed E-state index contributed by atoms with van der Waals surface area (Å²) in [5, 5.41) is 0. The summed E-state index contributed by atoms with van der Waals surface area (Å²) in [6.45, 7) is 15.2. The number of rotatable bonds is 4. The van der Waals surface area contributed by atoms with Gasteiger partial charge in [0.25, 0.3) is 0 Å². The molecule has 0 N–H and O–H groups in total. The van der Waals surface area contributed by atoms with Gasteiger partial charge in [-0.05, 0) is 65.0 Å². The summed E-state index contributed by atoms with van der Waals surface area (Å²) < 4.78 is 0. The van der Waals surface area contributed by atoms with Gasteiger partial charge >= 0.3 is 0 Å². The van der Waals surface area contributed by atoms with Gasteiger partial charge < -0.3 is 0 Å². The summed E-state index contributed by atoms with van der Waals surface area (Å²) >= 11 is 0. The Kier molecular flexibility index (Phi) is 4.45. The molecule has 0 aromatic rings. The fraction of sp³-hybridized carbons (Fsp3) is 0.647. The largest absolute Gasteiger partial charge is 0.293 e. The second kappa shape index (κ2) is 5.88. The van der Waals surface area contributed by atoms with E-state index in [0.29, 0.717) is 12.0 Å². The monoisotopic (exact) mass is 245 g/mol. The van der Waals surface area contributed by atoms with Crippen molar-refractivity contribution in [2.75, 3.05) is 13.1 Å². The van der Waals surface area contributed by atoms with Gasteiger partial charge in [0.05, 0.1) is 6.04 Å². The maximum absolute atomic E-state index is 4.23. The molecular weight excluding hydrogens is 218 g/mol. The minimum Gasteiger partial charge on any atom is -0.293 e. The predicted octanol–water partition coefficient (Wildman–Crippen LogP) is 4.33. The van der Waals surface area contributed by atoms with Crippen LogP contribution in [-0.4, -0.2) is 24.0 Å². The molecule has 2 atom stereocenters. The van der Waals surface area contributed by atoms with E-state index in [-0.39, 0.29) is 0 Å². The highest BCUT2D eigenvalue weighted by atomic mass is 15.2. The molecule has 1 heteroatoms. The van der Waals surface area contributed by atoms with E-state index in [1.165, 1.54) is 56.3 Å². The van der Waals surface area contributed by atoms with Crippen molar-refractivity contribution < 1.29 is 0 Å². The van der Waals surface area contributed by atoms with Crippen LogP contribution in [0.2, 0.25) is 0 Å². The van der Waals surface area contributed by atoms with E-state index in [4.69, 9.17) is 0 Å². The zero-order valence-electron chi connectivity index (χ0n) is 12.0. The molecule has 2 rings (SSSR count). The first-order valence-electron chi connectivity index (χ1n) is 7.33. The number of nitrogens with zero attached hydrogens (tertiary/aromatic N) is 1. The Morgan fingerprint density at radius 3 is 2.39 bits per heavy atom.